The molecular weight excluding hydrogens is 224 g/mol. The van der Waals surface area contributed by atoms with Crippen LogP contribution < -0.4 is 10.5 Å². The van der Waals surface area contributed by atoms with Crippen molar-refractivity contribution >= 4 is 15.7 Å². The Labute approximate surface area is 95.9 Å². The van der Waals surface area contributed by atoms with Crippen LogP contribution in [-0.2, 0) is 15.8 Å². The van der Waals surface area contributed by atoms with Crippen molar-refractivity contribution in [1.29, 1.82) is 0 Å². The smallest absolute Gasteiger partial charge is 0.216 e. The first-order valence-corrected chi connectivity index (χ1v) is 6.96. The number of hydrogen-bond donors (Lipinski definition) is 2. The van der Waals surface area contributed by atoms with Crippen LogP contribution in [0.15, 0.2) is 24.3 Å². The van der Waals surface area contributed by atoms with Gasteiger partial charge in [-0.3, -0.25) is 0 Å². The van der Waals surface area contributed by atoms with E-state index in [4.69, 9.17) is 5.73 Å². The van der Waals surface area contributed by atoms with Crippen molar-refractivity contribution in [3.63, 3.8) is 0 Å². The molecule has 0 saturated heterocycles. The van der Waals surface area contributed by atoms with E-state index in [0.29, 0.717) is 11.6 Å². The molecule has 3 N–H and O–H groups in total. The van der Waals surface area contributed by atoms with Gasteiger partial charge in [-0.25, -0.2) is 13.1 Å². The lowest BCUT2D eigenvalue weighted by molar-refractivity contribution is 0.577. The number of sulfonamides is 1. The third kappa shape index (κ3) is 2.96. The van der Waals surface area contributed by atoms with Gasteiger partial charge >= 0.3 is 0 Å². The summed E-state index contributed by atoms with van der Waals surface area (Å²) in [7, 11) is -3.23. The van der Waals surface area contributed by atoms with Crippen molar-refractivity contribution in [3.05, 3.63) is 29.8 Å². The first-order valence-electron chi connectivity index (χ1n) is 5.31. The van der Waals surface area contributed by atoms with Crippen molar-refractivity contribution in [2.45, 2.75) is 25.1 Å². The number of nitrogen functional groups attached to an aromatic ring is 1. The van der Waals surface area contributed by atoms with E-state index >= 15 is 0 Å². The van der Waals surface area contributed by atoms with Gasteiger partial charge < -0.3 is 5.73 Å². The largest absolute Gasteiger partial charge is 0.399 e. The van der Waals surface area contributed by atoms with Gasteiger partial charge in [-0.2, -0.15) is 0 Å². The molecule has 4 nitrogen and oxygen atoms in total. The minimum absolute atomic E-state index is 0.00125. The molecule has 88 valence electrons. The van der Waals surface area contributed by atoms with E-state index in [9.17, 15) is 8.42 Å². The van der Waals surface area contributed by atoms with E-state index in [2.05, 4.69) is 4.72 Å². The minimum atomic E-state index is -3.23. The summed E-state index contributed by atoms with van der Waals surface area (Å²) >= 11 is 0. The Morgan fingerprint density at radius 3 is 2.75 bits per heavy atom. The molecule has 0 aromatic heterocycles. The summed E-state index contributed by atoms with van der Waals surface area (Å²) in [5.41, 5.74) is 6.91. The second-order valence-corrected chi connectivity index (χ2v) is 6.20. The van der Waals surface area contributed by atoms with E-state index in [1.54, 1.807) is 24.3 Å². The first-order chi connectivity index (χ1) is 7.46. The van der Waals surface area contributed by atoms with Crippen molar-refractivity contribution in [3.8, 4) is 0 Å². The molecular formula is C11H16N2O2S. The molecule has 16 heavy (non-hydrogen) atoms. The van der Waals surface area contributed by atoms with Gasteiger partial charge in [-0.05, 0) is 30.0 Å². The highest BCUT2D eigenvalue weighted by atomic mass is 32.2. The molecule has 1 aliphatic rings. The Hall–Kier alpha value is -1.07. The van der Waals surface area contributed by atoms with Crippen LogP contribution >= 0.6 is 0 Å². The van der Waals surface area contributed by atoms with Gasteiger partial charge in [0.25, 0.3) is 0 Å². The number of anilines is 1. The molecule has 1 aliphatic carbocycles. The zero-order valence-corrected chi connectivity index (χ0v) is 10.00. The Balaban J connectivity index is 2.03. The number of rotatable bonds is 4. The van der Waals surface area contributed by atoms with Crippen molar-refractivity contribution < 1.29 is 8.42 Å². The van der Waals surface area contributed by atoms with Gasteiger partial charge in [0.2, 0.25) is 10.0 Å². The number of nitrogens with two attached hydrogens (primary N) is 1. The molecule has 1 aromatic carbocycles. The summed E-state index contributed by atoms with van der Waals surface area (Å²) in [4.78, 5) is 0. The van der Waals surface area contributed by atoms with Crippen LogP contribution in [0, 0.1) is 5.92 Å². The van der Waals surface area contributed by atoms with Gasteiger partial charge in [0.15, 0.2) is 0 Å². The van der Waals surface area contributed by atoms with Crippen molar-refractivity contribution in [1.82, 2.24) is 4.72 Å². The Morgan fingerprint density at radius 2 is 2.19 bits per heavy atom. The van der Waals surface area contributed by atoms with E-state index in [0.717, 1.165) is 12.0 Å². The number of benzene rings is 1. The molecule has 1 saturated carbocycles. The van der Waals surface area contributed by atoms with Crippen molar-refractivity contribution in [2.75, 3.05) is 5.73 Å². The van der Waals surface area contributed by atoms with Crippen LogP contribution in [0.3, 0.4) is 0 Å². The molecule has 2 atom stereocenters. The van der Waals surface area contributed by atoms with Crippen molar-refractivity contribution in [2.24, 2.45) is 5.92 Å². The minimum Gasteiger partial charge on any atom is -0.399 e. The predicted octanol–water partition coefficient (Wildman–Crippen LogP) is 1.10. The fourth-order valence-corrected chi connectivity index (χ4v) is 3.15. The summed E-state index contributed by atoms with van der Waals surface area (Å²) in [5, 5.41) is 0. The quantitative estimate of drug-likeness (QED) is 0.774. The fourth-order valence-electron chi connectivity index (χ4n) is 1.66. The molecule has 0 amide bonds. The highest BCUT2D eigenvalue weighted by molar-refractivity contribution is 7.88. The standard InChI is InChI=1S/C11H16N2O2S/c1-8-5-11(8)13-16(14,15)7-9-3-2-4-10(12)6-9/h2-4,6,8,11,13H,5,7,12H2,1H3. The highest BCUT2D eigenvalue weighted by Gasteiger charge is 2.35. The lowest BCUT2D eigenvalue weighted by atomic mass is 10.2. The van der Waals surface area contributed by atoms with E-state index < -0.39 is 10.0 Å². The third-order valence-electron chi connectivity index (χ3n) is 2.75. The van der Waals surface area contributed by atoms with Gasteiger partial charge in [-0.1, -0.05) is 19.1 Å². The SMILES string of the molecule is CC1CC1NS(=O)(=O)Cc1cccc(N)c1. The normalized spacial score (nSPS) is 24.3. The molecule has 1 aromatic rings. The number of nitrogens with one attached hydrogen (secondary N) is 1. The average molecular weight is 240 g/mol. The third-order valence-corrected chi connectivity index (χ3v) is 4.12. The zero-order valence-electron chi connectivity index (χ0n) is 9.18. The average Bonchev–Trinajstić information content (AvgIpc) is 2.79. The van der Waals surface area contributed by atoms with Crippen LogP contribution in [0.1, 0.15) is 18.9 Å². The Morgan fingerprint density at radius 1 is 1.50 bits per heavy atom. The molecule has 5 heteroatoms. The molecule has 2 unspecified atom stereocenters. The lowest BCUT2D eigenvalue weighted by Crippen LogP contribution is -2.28. The second kappa shape index (κ2) is 4.07. The van der Waals surface area contributed by atoms with Crippen LogP contribution in [0.5, 0.6) is 0 Å². The summed E-state index contributed by atoms with van der Waals surface area (Å²) < 4.78 is 26.2. The maximum atomic E-state index is 11.8. The van der Waals surface area contributed by atoms with Gasteiger partial charge in [-0.15, -0.1) is 0 Å². The fraction of sp³-hybridized carbons (Fsp3) is 0.455. The van der Waals surface area contributed by atoms with E-state index in [-0.39, 0.29) is 11.8 Å². The van der Waals surface area contributed by atoms with Crippen LogP contribution in [-0.4, -0.2) is 14.5 Å². The van der Waals surface area contributed by atoms with Crippen LogP contribution in [0.25, 0.3) is 0 Å². The maximum absolute atomic E-state index is 11.8. The molecule has 0 aliphatic heterocycles. The summed E-state index contributed by atoms with van der Waals surface area (Å²) in [6.45, 7) is 2.04. The number of hydrogen-bond acceptors (Lipinski definition) is 3. The molecule has 0 spiro atoms. The van der Waals surface area contributed by atoms with Gasteiger partial charge in [0.1, 0.15) is 0 Å². The summed E-state index contributed by atoms with van der Waals surface area (Å²) in [6, 6.07) is 7.10. The Kier molecular flexibility index (Phi) is 2.90. The topological polar surface area (TPSA) is 72.2 Å². The molecule has 0 heterocycles. The Bertz CT molecular complexity index is 485. The lowest BCUT2D eigenvalue weighted by Gasteiger charge is -2.06. The van der Waals surface area contributed by atoms with Crippen LogP contribution in [0.2, 0.25) is 0 Å². The van der Waals surface area contributed by atoms with E-state index in [1.807, 2.05) is 6.92 Å². The van der Waals surface area contributed by atoms with Gasteiger partial charge in [0.05, 0.1) is 5.75 Å². The highest BCUT2D eigenvalue weighted by Crippen LogP contribution is 2.30. The maximum Gasteiger partial charge on any atom is 0.216 e. The molecule has 2 rings (SSSR count). The van der Waals surface area contributed by atoms with Gasteiger partial charge in [0, 0.05) is 11.7 Å². The molecule has 0 bridgehead atoms. The van der Waals surface area contributed by atoms with E-state index in [1.165, 1.54) is 0 Å². The predicted molar refractivity (Wildman–Crippen MR) is 64.2 cm³/mol. The summed E-state index contributed by atoms with van der Waals surface area (Å²) in [5.74, 6) is 0.469. The zero-order chi connectivity index (χ0) is 11.8. The van der Waals surface area contributed by atoms with Crippen LogP contribution in [0.4, 0.5) is 5.69 Å². The first kappa shape index (κ1) is 11.4. The molecule has 0 radical (unpaired) electrons. The monoisotopic (exact) mass is 240 g/mol. The molecule has 1 fully saturated rings. The summed E-state index contributed by atoms with van der Waals surface area (Å²) in [6.07, 6.45) is 0.941. The second-order valence-electron chi connectivity index (χ2n) is 4.44.